The number of nitrogens with zero attached hydrogens (tertiary/aromatic N) is 3. The fourth-order valence-electron chi connectivity index (χ4n) is 6.38. The van der Waals surface area contributed by atoms with Crippen LogP contribution >= 0.6 is 0 Å². The van der Waals surface area contributed by atoms with Gasteiger partial charge in [0.05, 0.1) is 11.2 Å². The standard InChI is InChI=1S/C30H37N5O/c31-23-14-16-35(19-23)29-24-9-5-2-6-10-26(24)33-27-12-11-21(17-25(27)29)22-13-15-32-28(18-22)34-30(36)20-7-3-1-4-8-20/h11-13,15,17-18,20,23H,1-10,14,16,19,31H2,(H,32,34,36)/t23-/m0/s1. The van der Waals surface area contributed by atoms with Gasteiger partial charge in [0, 0.05) is 42.3 Å². The second-order valence-electron chi connectivity index (χ2n) is 10.9. The Kier molecular flexibility index (Phi) is 6.61. The Morgan fingerprint density at radius 1 is 0.944 bits per heavy atom. The summed E-state index contributed by atoms with van der Waals surface area (Å²) < 4.78 is 0. The molecule has 1 aliphatic heterocycles. The minimum atomic E-state index is 0.109. The zero-order chi connectivity index (χ0) is 24.5. The van der Waals surface area contributed by atoms with Crippen LogP contribution in [0.1, 0.15) is 69.0 Å². The first kappa shape index (κ1) is 23.4. The van der Waals surface area contributed by atoms with E-state index in [1.807, 2.05) is 12.1 Å². The maximum absolute atomic E-state index is 12.8. The number of nitrogens with one attached hydrogen (secondary N) is 1. The summed E-state index contributed by atoms with van der Waals surface area (Å²) >= 11 is 0. The number of aromatic nitrogens is 2. The van der Waals surface area contributed by atoms with Gasteiger partial charge in [0.1, 0.15) is 5.82 Å². The molecule has 1 atom stereocenters. The molecule has 6 rings (SSSR count). The number of hydrogen-bond donors (Lipinski definition) is 2. The number of hydrogen-bond acceptors (Lipinski definition) is 5. The van der Waals surface area contributed by atoms with Crippen LogP contribution in [-0.4, -0.2) is 35.0 Å². The lowest BCUT2D eigenvalue weighted by Crippen LogP contribution is -2.27. The third-order valence-corrected chi connectivity index (χ3v) is 8.34. The zero-order valence-electron chi connectivity index (χ0n) is 21.1. The van der Waals surface area contributed by atoms with Gasteiger partial charge in [-0.3, -0.25) is 9.78 Å². The SMILES string of the molecule is N[C@H]1CCN(c2c3c(nc4ccc(-c5ccnc(NC(=O)C6CCCCC6)c5)cc24)CCCCC3)C1. The van der Waals surface area contributed by atoms with E-state index in [0.717, 1.165) is 74.7 Å². The smallest absolute Gasteiger partial charge is 0.228 e. The van der Waals surface area contributed by atoms with E-state index in [9.17, 15) is 4.79 Å². The van der Waals surface area contributed by atoms with Crippen LogP contribution in [0.25, 0.3) is 22.0 Å². The van der Waals surface area contributed by atoms with Gasteiger partial charge in [0.2, 0.25) is 5.91 Å². The first-order valence-electron chi connectivity index (χ1n) is 13.9. The number of fused-ring (bicyclic) bond motifs is 2. The highest BCUT2D eigenvalue weighted by Crippen LogP contribution is 2.39. The topological polar surface area (TPSA) is 84.1 Å². The summed E-state index contributed by atoms with van der Waals surface area (Å²) in [6.45, 7) is 1.91. The molecule has 2 fully saturated rings. The molecule has 1 aromatic carbocycles. The first-order chi connectivity index (χ1) is 17.7. The largest absolute Gasteiger partial charge is 0.369 e. The second-order valence-corrected chi connectivity index (χ2v) is 10.9. The summed E-state index contributed by atoms with van der Waals surface area (Å²) in [6, 6.07) is 10.9. The van der Waals surface area contributed by atoms with Gasteiger partial charge in [-0.1, -0.05) is 31.7 Å². The number of aryl methyl sites for hydroxylation is 1. The molecule has 3 heterocycles. The Hall–Kier alpha value is -2.99. The molecular weight excluding hydrogens is 446 g/mol. The maximum Gasteiger partial charge on any atom is 0.228 e. The molecule has 6 heteroatoms. The van der Waals surface area contributed by atoms with Crippen LogP contribution in [0.5, 0.6) is 0 Å². The normalized spacial score (nSPS) is 20.8. The molecule has 0 unspecified atom stereocenters. The van der Waals surface area contributed by atoms with Gasteiger partial charge in [-0.2, -0.15) is 0 Å². The highest BCUT2D eigenvalue weighted by Gasteiger charge is 2.27. The molecule has 2 aliphatic carbocycles. The Balaban J connectivity index is 1.37. The first-order valence-corrected chi connectivity index (χ1v) is 13.9. The van der Waals surface area contributed by atoms with E-state index >= 15 is 0 Å². The molecule has 1 saturated carbocycles. The third kappa shape index (κ3) is 4.71. The summed E-state index contributed by atoms with van der Waals surface area (Å²) in [5.41, 5.74) is 13.7. The van der Waals surface area contributed by atoms with Gasteiger partial charge in [-0.05, 0) is 85.9 Å². The van der Waals surface area contributed by atoms with E-state index in [2.05, 4.69) is 33.4 Å². The average Bonchev–Trinajstić information content (AvgIpc) is 3.20. The minimum absolute atomic E-state index is 0.109. The molecule has 2 aromatic heterocycles. The van der Waals surface area contributed by atoms with Crippen molar-refractivity contribution in [3.05, 3.63) is 47.8 Å². The molecule has 0 radical (unpaired) electrons. The van der Waals surface area contributed by atoms with Crippen molar-refractivity contribution in [2.75, 3.05) is 23.3 Å². The minimum Gasteiger partial charge on any atom is -0.369 e. The number of pyridine rings is 2. The number of anilines is 2. The third-order valence-electron chi connectivity index (χ3n) is 8.34. The Morgan fingerprint density at radius 3 is 2.58 bits per heavy atom. The second kappa shape index (κ2) is 10.2. The number of amides is 1. The Labute approximate surface area is 213 Å². The molecular formula is C30H37N5O. The summed E-state index contributed by atoms with van der Waals surface area (Å²) in [5.74, 6) is 0.854. The maximum atomic E-state index is 12.8. The molecule has 3 aliphatic rings. The highest BCUT2D eigenvalue weighted by atomic mass is 16.1. The van der Waals surface area contributed by atoms with Crippen molar-refractivity contribution in [3.63, 3.8) is 0 Å². The van der Waals surface area contributed by atoms with Gasteiger partial charge in [0.25, 0.3) is 0 Å². The van der Waals surface area contributed by atoms with E-state index < -0.39 is 0 Å². The number of carbonyl (C=O) groups excluding carboxylic acids is 1. The zero-order valence-corrected chi connectivity index (χ0v) is 21.1. The highest BCUT2D eigenvalue weighted by molar-refractivity contribution is 5.97. The van der Waals surface area contributed by atoms with Crippen molar-refractivity contribution < 1.29 is 4.79 Å². The van der Waals surface area contributed by atoms with Crippen LogP contribution in [-0.2, 0) is 17.6 Å². The predicted molar refractivity (Wildman–Crippen MR) is 146 cm³/mol. The lowest BCUT2D eigenvalue weighted by Gasteiger charge is -2.25. The van der Waals surface area contributed by atoms with Crippen molar-refractivity contribution in [3.8, 4) is 11.1 Å². The molecule has 3 aromatic rings. The predicted octanol–water partition coefficient (Wildman–Crippen LogP) is 5.62. The Bertz CT molecular complexity index is 1270. The van der Waals surface area contributed by atoms with Gasteiger partial charge in [0.15, 0.2) is 0 Å². The van der Waals surface area contributed by atoms with Crippen molar-refractivity contribution in [1.82, 2.24) is 9.97 Å². The Morgan fingerprint density at radius 2 is 1.75 bits per heavy atom. The van der Waals surface area contributed by atoms with Crippen LogP contribution in [0.15, 0.2) is 36.5 Å². The van der Waals surface area contributed by atoms with Gasteiger partial charge in [-0.15, -0.1) is 0 Å². The summed E-state index contributed by atoms with van der Waals surface area (Å²) in [5, 5.41) is 4.30. The molecule has 1 saturated heterocycles. The molecule has 3 N–H and O–H groups in total. The molecule has 36 heavy (non-hydrogen) atoms. The quantitative estimate of drug-likeness (QED) is 0.471. The van der Waals surface area contributed by atoms with Crippen LogP contribution in [0, 0.1) is 5.92 Å². The lowest BCUT2D eigenvalue weighted by atomic mass is 9.89. The van der Waals surface area contributed by atoms with E-state index in [4.69, 9.17) is 10.7 Å². The molecule has 1 amide bonds. The monoisotopic (exact) mass is 483 g/mol. The van der Waals surface area contributed by atoms with Crippen molar-refractivity contribution in [2.45, 2.75) is 76.7 Å². The van der Waals surface area contributed by atoms with E-state index in [0.29, 0.717) is 5.82 Å². The van der Waals surface area contributed by atoms with Crippen LogP contribution < -0.4 is 16.0 Å². The summed E-state index contributed by atoms with van der Waals surface area (Å²) in [4.78, 5) is 24.9. The molecule has 0 spiro atoms. The number of nitrogens with two attached hydrogens (primary N) is 1. The average molecular weight is 484 g/mol. The van der Waals surface area contributed by atoms with Gasteiger partial charge < -0.3 is 16.0 Å². The summed E-state index contributed by atoms with van der Waals surface area (Å²) in [6.07, 6.45) is 14.2. The fourth-order valence-corrected chi connectivity index (χ4v) is 6.38. The molecule has 188 valence electrons. The van der Waals surface area contributed by atoms with Crippen molar-refractivity contribution in [2.24, 2.45) is 11.7 Å². The van der Waals surface area contributed by atoms with Crippen molar-refractivity contribution in [1.29, 1.82) is 0 Å². The van der Waals surface area contributed by atoms with E-state index in [1.165, 1.54) is 48.0 Å². The van der Waals surface area contributed by atoms with Crippen LogP contribution in [0.4, 0.5) is 11.5 Å². The lowest BCUT2D eigenvalue weighted by molar-refractivity contribution is -0.120. The molecule has 6 nitrogen and oxygen atoms in total. The van der Waals surface area contributed by atoms with E-state index in [1.54, 1.807) is 6.20 Å². The van der Waals surface area contributed by atoms with Gasteiger partial charge >= 0.3 is 0 Å². The van der Waals surface area contributed by atoms with Crippen molar-refractivity contribution >= 4 is 28.3 Å². The fraction of sp³-hybridized carbons (Fsp3) is 0.500. The van der Waals surface area contributed by atoms with E-state index in [-0.39, 0.29) is 17.9 Å². The van der Waals surface area contributed by atoms with Crippen LogP contribution in [0.2, 0.25) is 0 Å². The summed E-state index contributed by atoms with van der Waals surface area (Å²) in [7, 11) is 0. The number of carbonyl (C=O) groups is 1. The molecule has 0 bridgehead atoms. The van der Waals surface area contributed by atoms with Gasteiger partial charge in [-0.25, -0.2) is 4.98 Å². The number of benzene rings is 1. The van der Waals surface area contributed by atoms with Crippen LogP contribution in [0.3, 0.4) is 0 Å². The number of rotatable bonds is 4.